The van der Waals surface area contributed by atoms with Crippen molar-refractivity contribution >= 4 is 5.69 Å². The molecule has 0 spiro atoms. The van der Waals surface area contributed by atoms with Gasteiger partial charge in [-0.15, -0.1) is 0 Å². The summed E-state index contributed by atoms with van der Waals surface area (Å²) in [6, 6.07) is 5.91. The predicted octanol–water partition coefficient (Wildman–Crippen LogP) is 2.61. The van der Waals surface area contributed by atoms with Gasteiger partial charge in [0.25, 0.3) is 0 Å². The SMILES string of the molecule is COc1cccc(N(C)CC2CCOCC2)c1[C@@H](C)O. The van der Waals surface area contributed by atoms with E-state index < -0.39 is 6.10 Å². The van der Waals surface area contributed by atoms with Crippen LogP contribution in [0.15, 0.2) is 18.2 Å². The van der Waals surface area contributed by atoms with E-state index in [4.69, 9.17) is 9.47 Å². The van der Waals surface area contributed by atoms with Gasteiger partial charge in [-0.05, 0) is 37.8 Å². The highest BCUT2D eigenvalue weighted by Crippen LogP contribution is 2.34. The molecule has 0 unspecified atom stereocenters. The summed E-state index contributed by atoms with van der Waals surface area (Å²) in [6.45, 7) is 4.49. The zero-order valence-corrected chi connectivity index (χ0v) is 12.6. The van der Waals surface area contributed by atoms with Crippen LogP contribution in [0.1, 0.15) is 31.4 Å². The number of hydrogen-bond donors (Lipinski definition) is 1. The number of rotatable bonds is 5. The molecule has 1 atom stereocenters. The van der Waals surface area contributed by atoms with Gasteiger partial charge in [0.1, 0.15) is 5.75 Å². The minimum atomic E-state index is -0.543. The fraction of sp³-hybridized carbons (Fsp3) is 0.625. The van der Waals surface area contributed by atoms with E-state index in [2.05, 4.69) is 11.9 Å². The number of aliphatic hydroxyl groups is 1. The minimum Gasteiger partial charge on any atom is -0.496 e. The van der Waals surface area contributed by atoms with Crippen LogP contribution in [0.4, 0.5) is 5.69 Å². The average molecular weight is 279 g/mol. The molecule has 1 aromatic rings. The normalized spacial score (nSPS) is 17.8. The lowest BCUT2D eigenvalue weighted by Gasteiger charge is -2.30. The number of hydrogen-bond acceptors (Lipinski definition) is 4. The number of methoxy groups -OCH3 is 1. The third kappa shape index (κ3) is 3.44. The first-order valence-corrected chi connectivity index (χ1v) is 7.27. The van der Waals surface area contributed by atoms with Gasteiger partial charge in [-0.3, -0.25) is 0 Å². The summed E-state index contributed by atoms with van der Waals surface area (Å²) in [5, 5.41) is 10.0. The molecule has 1 fully saturated rings. The molecule has 0 aromatic heterocycles. The molecule has 1 heterocycles. The Balaban J connectivity index is 2.17. The van der Waals surface area contributed by atoms with Crippen LogP contribution >= 0.6 is 0 Å². The molecule has 1 aliphatic heterocycles. The van der Waals surface area contributed by atoms with Crippen LogP contribution in [0, 0.1) is 5.92 Å². The molecule has 0 bridgehead atoms. The molecule has 1 saturated heterocycles. The van der Waals surface area contributed by atoms with Gasteiger partial charge in [0.15, 0.2) is 0 Å². The van der Waals surface area contributed by atoms with Crippen LogP contribution in [0.5, 0.6) is 5.75 Å². The molecule has 0 saturated carbocycles. The van der Waals surface area contributed by atoms with Crippen LogP contribution in [0.2, 0.25) is 0 Å². The number of nitrogens with zero attached hydrogens (tertiary/aromatic N) is 1. The Hall–Kier alpha value is -1.26. The molecular formula is C16H25NO3. The maximum Gasteiger partial charge on any atom is 0.126 e. The Morgan fingerprint density at radius 1 is 1.40 bits per heavy atom. The lowest BCUT2D eigenvalue weighted by molar-refractivity contribution is 0.0685. The van der Waals surface area contributed by atoms with Crippen LogP contribution in [-0.4, -0.2) is 39.0 Å². The van der Waals surface area contributed by atoms with Crippen molar-refractivity contribution in [1.29, 1.82) is 0 Å². The summed E-state index contributed by atoms with van der Waals surface area (Å²) < 4.78 is 10.8. The van der Waals surface area contributed by atoms with E-state index in [9.17, 15) is 5.11 Å². The molecule has 0 radical (unpaired) electrons. The van der Waals surface area contributed by atoms with E-state index in [0.717, 1.165) is 49.6 Å². The monoisotopic (exact) mass is 279 g/mol. The summed E-state index contributed by atoms with van der Waals surface area (Å²) >= 11 is 0. The van der Waals surface area contributed by atoms with Gasteiger partial charge in [-0.25, -0.2) is 0 Å². The summed E-state index contributed by atoms with van der Waals surface area (Å²) in [7, 11) is 3.72. The Labute approximate surface area is 121 Å². The molecule has 1 aromatic carbocycles. The van der Waals surface area contributed by atoms with E-state index in [1.54, 1.807) is 14.0 Å². The molecule has 4 nitrogen and oxygen atoms in total. The highest BCUT2D eigenvalue weighted by Gasteiger charge is 2.20. The molecule has 2 rings (SSSR count). The smallest absolute Gasteiger partial charge is 0.126 e. The van der Waals surface area contributed by atoms with E-state index in [1.807, 2.05) is 18.2 Å². The summed E-state index contributed by atoms with van der Waals surface area (Å²) in [5.41, 5.74) is 1.91. The quantitative estimate of drug-likeness (QED) is 0.899. The van der Waals surface area contributed by atoms with Crippen molar-refractivity contribution in [2.24, 2.45) is 5.92 Å². The van der Waals surface area contributed by atoms with Crippen molar-refractivity contribution in [2.75, 3.05) is 38.8 Å². The van der Waals surface area contributed by atoms with Crippen molar-refractivity contribution in [3.63, 3.8) is 0 Å². The van der Waals surface area contributed by atoms with Gasteiger partial charge in [-0.1, -0.05) is 6.07 Å². The standard InChI is InChI=1S/C16H25NO3/c1-12(18)16-14(5-4-6-15(16)19-3)17(2)11-13-7-9-20-10-8-13/h4-6,12-13,18H,7-11H2,1-3H3/t12-/m1/s1. The van der Waals surface area contributed by atoms with E-state index in [0.29, 0.717) is 5.92 Å². The number of ether oxygens (including phenoxy) is 2. The molecule has 4 heteroatoms. The molecule has 0 aliphatic carbocycles. The van der Waals surface area contributed by atoms with E-state index >= 15 is 0 Å². The van der Waals surface area contributed by atoms with E-state index in [1.165, 1.54) is 0 Å². The van der Waals surface area contributed by atoms with Crippen LogP contribution in [-0.2, 0) is 4.74 Å². The third-order valence-electron chi connectivity index (χ3n) is 3.96. The highest BCUT2D eigenvalue weighted by atomic mass is 16.5. The first kappa shape index (κ1) is 15.1. The summed E-state index contributed by atoms with van der Waals surface area (Å²) in [5.74, 6) is 1.40. The van der Waals surface area contributed by atoms with Crippen molar-refractivity contribution in [1.82, 2.24) is 0 Å². The van der Waals surface area contributed by atoms with Crippen molar-refractivity contribution in [3.05, 3.63) is 23.8 Å². The maximum atomic E-state index is 10.0. The fourth-order valence-electron chi connectivity index (χ4n) is 2.88. The van der Waals surface area contributed by atoms with Gasteiger partial charge in [-0.2, -0.15) is 0 Å². The Kier molecular flexibility index (Phi) is 5.26. The van der Waals surface area contributed by atoms with Gasteiger partial charge >= 0.3 is 0 Å². The molecule has 0 amide bonds. The number of benzene rings is 1. The fourth-order valence-corrected chi connectivity index (χ4v) is 2.88. The zero-order valence-electron chi connectivity index (χ0n) is 12.6. The van der Waals surface area contributed by atoms with Crippen LogP contribution in [0.3, 0.4) is 0 Å². The maximum absolute atomic E-state index is 10.0. The summed E-state index contributed by atoms with van der Waals surface area (Å²) in [4.78, 5) is 2.22. The molecule has 1 aliphatic rings. The van der Waals surface area contributed by atoms with Gasteiger partial charge < -0.3 is 19.5 Å². The lowest BCUT2D eigenvalue weighted by Crippen LogP contribution is -2.30. The molecule has 112 valence electrons. The first-order valence-electron chi connectivity index (χ1n) is 7.27. The minimum absolute atomic E-state index is 0.543. The van der Waals surface area contributed by atoms with Crippen molar-refractivity contribution < 1.29 is 14.6 Å². The van der Waals surface area contributed by atoms with Gasteiger partial charge in [0.2, 0.25) is 0 Å². The van der Waals surface area contributed by atoms with Gasteiger partial charge in [0.05, 0.1) is 13.2 Å². The van der Waals surface area contributed by atoms with Crippen molar-refractivity contribution in [2.45, 2.75) is 25.9 Å². The second kappa shape index (κ2) is 6.95. The topological polar surface area (TPSA) is 41.9 Å². The Bertz CT molecular complexity index is 428. The second-order valence-corrected chi connectivity index (χ2v) is 5.51. The molecule has 20 heavy (non-hydrogen) atoms. The van der Waals surface area contributed by atoms with Crippen LogP contribution in [0.25, 0.3) is 0 Å². The zero-order chi connectivity index (χ0) is 14.5. The first-order chi connectivity index (χ1) is 9.63. The largest absolute Gasteiger partial charge is 0.496 e. The molecular weight excluding hydrogens is 254 g/mol. The Morgan fingerprint density at radius 3 is 2.70 bits per heavy atom. The molecule has 1 N–H and O–H groups in total. The average Bonchev–Trinajstić information content (AvgIpc) is 2.47. The van der Waals surface area contributed by atoms with Gasteiger partial charge in [0, 0.05) is 38.1 Å². The Morgan fingerprint density at radius 2 is 2.10 bits per heavy atom. The van der Waals surface area contributed by atoms with Crippen LogP contribution < -0.4 is 9.64 Å². The third-order valence-corrected chi connectivity index (χ3v) is 3.96. The summed E-state index contributed by atoms with van der Waals surface area (Å²) in [6.07, 6.45) is 1.68. The second-order valence-electron chi connectivity index (χ2n) is 5.51. The lowest BCUT2D eigenvalue weighted by atomic mass is 9.98. The van der Waals surface area contributed by atoms with Crippen molar-refractivity contribution in [3.8, 4) is 5.75 Å². The predicted molar refractivity (Wildman–Crippen MR) is 80.4 cm³/mol. The highest BCUT2D eigenvalue weighted by molar-refractivity contribution is 5.60. The van der Waals surface area contributed by atoms with E-state index in [-0.39, 0.29) is 0 Å². The number of aliphatic hydroxyl groups excluding tert-OH is 1. The number of anilines is 1.